The molecular weight excluding hydrogens is 347 g/mol. The minimum absolute atomic E-state index is 0.148. The van der Waals surface area contributed by atoms with E-state index in [0.29, 0.717) is 5.92 Å². The van der Waals surface area contributed by atoms with Crippen LogP contribution in [0.5, 0.6) is 0 Å². The van der Waals surface area contributed by atoms with Crippen LogP contribution in [0.25, 0.3) is 0 Å². The van der Waals surface area contributed by atoms with Gasteiger partial charge in [0, 0.05) is 10.7 Å². The molecule has 3 heteroatoms. The zero-order valence-corrected chi connectivity index (χ0v) is 13.5. The van der Waals surface area contributed by atoms with Crippen LogP contribution < -0.4 is 0 Å². The molecule has 0 amide bonds. The van der Waals surface area contributed by atoms with Gasteiger partial charge in [0.25, 0.3) is 0 Å². The molecule has 17 heavy (non-hydrogen) atoms. The molecule has 0 aliphatic rings. The molecule has 0 aliphatic heterocycles. The molecule has 0 atom stereocenters. The molecule has 0 spiro atoms. The minimum atomic E-state index is -0.148. The van der Waals surface area contributed by atoms with Crippen LogP contribution in [0.15, 0.2) is 24.3 Å². The maximum Gasteiger partial charge on any atom is 0.123 e. The maximum atomic E-state index is 13.2. The zero-order valence-electron chi connectivity index (χ0n) is 10.3. The van der Waals surface area contributed by atoms with E-state index in [1.54, 1.807) is 12.1 Å². The molecule has 1 aromatic rings. The van der Waals surface area contributed by atoms with Crippen LogP contribution in [0.3, 0.4) is 0 Å². The normalized spacial score (nSPS) is 12.1. The summed E-state index contributed by atoms with van der Waals surface area (Å²) in [6.07, 6.45) is 2.03. The fraction of sp³-hybridized carbons (Fsp3) is 0.571. The van der Waals surface area contributed by atoms with Gasteiger partial charge in [-0.2, -0.15) is 0 Å². The summed E-state index contributed by atoms with van der Waals surface area (Å²) in [5.74, 6) is 0.490. The third-order valence-electron chi connectivity index (χ3n) is 2.88. The second-order valence-electron chi connectivity index (χ2n) is 5.17. The molecule has 0 unspecified atom stereocenters. The zero-order chi connectivity index (χ0) is 12.9. The van der Waals surface area contributed by atoms with E-state index in [-0.39, 0.29) is 11.2 Å². The fourth-order valence-corrected chi connectivity index (χ4v) is 4.04. The summed E-state index contributed by atoms with van der Waals surface area (Å²) in [7, 11) is 0. The van der Waals surface area contributed by atoms with Gasteiger partial charge < -0.3 is 0 Å². The highest BCUT2D eigenvalue weighted by molar-refractivity contribution is 9.09. The average Bonchev–Trinajstić information content (AvgIpc) is 2.27. The van der Waals surface area contributed by atoms with E-state index in [2.05, 4.69) is 45.7 Å². The lowest BCUT2D eigenvalue weighted by Crippen LogP contribution is -2.29. The molecule has 1 aromatic carbocycles. The molecule has 0 radical (unpaired) electrons. The highest BCUT2D eigenvalue weighted by Crippen LogP contribution is 2.35. The first kappa shape index (κ1) is 15.2. The summed E-state index contributed by atoms with van der Waals surface area (Å²) in [6, 6.07) is 6.92. The Hall–Kier alpha value is 0.110. The summed E-state index contributed by atoms with van der Waals surface area (Å²) in [6.45, 7) is 4.46. The Morgan fingerprint density at radius 1 is 1.24 bits per heavy atom. The van der Waals surface area contributed by atoms with Gasteiger partial charge in [-0.05, 0) is 41.9 Å². The van der Waals surface area contributed by atoms with Crippen LogP contribution in [0.1, 0.15) is 25.8 Å². The first-order chi connectivity index (χ1) is 8.01. The lowest BCUT2D eigenvalue weighted by Gasteiger charge is -2.32. The van der Waals surface area contributed by atoms with Crippen molar-refractivity contribution in [2.75, 3.05) is 10.7 Å². The van der Waals surface area contributed by atoms with Gasteiger partial charge in [-0.1, -0.05) is 57.8 Å². The molecule has 0 saturated carbocycles. The van der Waals surface area contributed by atoms with E-state index in [4.69, 9.17) is 0 Å². The van der Waals surface area contributed by atoms with Crippen LogP contribution in [-0.2, 0) is 6.42 Å². The van der Waals surface area contributed by atoms with Crippen molar-refractivity contribution in [2.24, 2.45) is 11.3 Å². The Labute approximate surface area is 120 Å². The van der Waals surface area contributed by atoms with E-state index < -0.39 is 0 Å². The van der Waals surface area contributed by atoms with E-state index in [0.717, 1.165) is 29.1 Å². The quantitative estimate of drug-likeness (QED) is 0.608. The molecule has 96 valence electrons. The second-order valence-corrected chi connectivity index (χ2v) is 6.29. The fourth-order valence-electron chi connectivity index (χ4n) is 2.26. The maximum absolute atomic E-state index is 13.2. The van der Waals surface area contributed by atoms with Gasteiger partial charge in [0.2, 0.25) is 0 Å². The molecule has 0 fully saturated rings. The smallest absolute Gasteiger partial charge is 0.123 e. The van der Waals surface area contributed by atoms with Gasteiger partial charge in [0.05, 0.1) is 0 Å². The molecule has 0 saturated heterocycles. The molecule has 0 heterocycles. The van der Waals surface area contributed by atoms with Crippen molar-refractivity contribution in [3.8, 4) is 0 Å². The van der Waals surface area contributed by atoms with Crippen LogP contribution in [-0.4, -0.2) is 10.7 Å². The predicted octanol–water partition coefficient (Wildman–Crippen LogP) is 5.19. The average molecular weight is 366 g/mol. The van der Waals surface area contributed by atoms with Crippen LogP contribution >= 0.6 is 31.9 Å². The van der Waals surface area contributed by atoms with Crippen LogP contribution in [0.4, 0.5) is 4.39 Å². The standard InChI is InChI=1S/C14H19Br2F/c1-11(2)7-14(9-15,10-16)8-12-4-3-5-13(17)6-12/h3-6,11H,7-10H2,1-2H3. The Kier molecular flexibility index (Phi) is 6.14. The molecule has 0 aliphatic carbocycles. The third kappa shape index (κ3) is 4.70. The Bertz CT molecular complexity index is 346. The lowest BCUT2D eigenvalue weighted by molar-refractivity contribution is 0.304. The highest BCUT2D eigenvalue weighted by atomic mass is 79.9. The molecule has 0 aromatic heterocycles. The minimum Gasteiger partial charge on any atom is -0.207 e. The van der Waals surface area contributed by atoms with Gasteiger partial charge in [0.15, 0.2) is 0 Å². The number of hydrogen-bond donors (Lipinski definition) is 0. The number of alkyl halides is 2. The highest BCUT2D eigenvalue weighted by Gasteiger charge is 2.29. The number of hydrogen-bond acceptors (Lipinski definition) is 0. The summed E-state index contributed by atoms with van der Waals surface area (Å²) in [5.41, 5.74) is 1.24. The van der Waals surface area contributed by atoms with E-state index in [1.165, 1.54) is 6.07 Å². The van der Waals surface area contributed by atoms with Gasteiger partial charge in [-0.15, -0.1) is 0 Å². The lowest BCUT2D eigenvalue weighted by atomic mass is 9.79. The first-order valence-corrected chi connectivity index (χ1v) is 8.12. The molecule has 1 rings (SSSR count). The van der Waals surface area contributed by atoms with Gasteiger partial charge in [-0.25, -0.2) is 4.39 Å². The SMILES string of the molecule is CC(C)CC(CBr)(CBr)Cc1cccc(F)c1. The van der Waals surface area contributed by atoms with Crippen LogP contribution in [0, 0.1) is 17.2 Å². The first-order valence-electron chi connectivity index (χ1n) is 5.88. The largest absolute Gasteiger partial charge is 0.207 e. The summed E-state index contributed by atoms with van der Waals surface area (Å²) < 4.78 is 13.2. The van der Waals surface area contributed by atoms with Crippen molar-refractivity contribution < 1.29 is 4.39 Å². The number of benzene rings is 1. The van der Waals surface area contributed by atoms with E-state index in [1.807, 2.05) is 6.07 Å². The number of halogens is 3. The molecule has 0 bridgehead atoms. The van der Waals surface area contributed by atoms with Gasteiger partial charge in [0.1, 0.15) is 5.82 Å². The third-order valence-corrected chi connectivity index (χ3v) is 5.26. The Morgan fingerprint density at radius 2 is 1.88 bits per heavy atom. The van der Waals surface area contributed by atoms with Crippen molar-refractivity contribution >= 4 is 31.9 Å². The van der Waals surface area contributed by atoms with E-state index >= 15 is 0 Å². The van der Waals surface area contributed by atoms with Gasteiger partial charge in [-0.3, -0.25) is 0 Å². The number of rotatable bonds is 6. The second kappa shape index (κ2) is 6.89. The summed E-state index contributed by atoms with van der Waals surface area (Å²) in [4.78, 5) is 0. The van der Waals surface area contributed by atoms with Crippen LogP contribution in [0.2, 0.25) is 0 Å². The Balaban J connectivity index is 2.85. The monoisotopic (exact) mass is 364 g/mol. The van der Waals surface area contributed by atoms with Crippen molar-refractivity contribution in [2.45, 2.75) is 26.7 Å². The summed E-state index contributed by atoms with van der Waals surface area (Å²) >= 11 is 7.23. The molecule has 0 nitrogen and oxygen atoms in total. The van der Waals surface area contributed by atoms with Crippen molar-refractivity contribution in [3.05, 3.63) is 35.6 Å². The van der Waals surface area contributed by atoms with E-state index in [9.17, 15) is 4.39 Å². The van der Waals surface area contributed by atoms with Crippen molar-refractivity contribution in [3.63, 3.8) is 0 Å². The summed E-state index contributed by atoms with van der Waals surface area (Å²) in [5, 5.41) is 1.86. The Morgan fingerprint density at radius 3 is 2.35 bits per heavy atom. The van der Waals surface area contributed by atoms with Gasteiger partial charge >= 0.3 is 0 Å². The predicted molar refractivity (Wildman–Crippen MR) is 79.6 cm³/mol. The molecule has 0 N–H and O–H groups in total. The topological polar surface area (TPSA) is 0 Å². The van der Waals surface area contributed by atoms with Crippen molar-refractivity contribution in [1.29, 1.82) is 0 Å². The van der Waals surface area contributed by atoms with Crippen molar-refractivity contribution in [1.82, 2.24) is 0 Å². The molecular formula is C14H19Br2F.